The number of methoxy groups -OCH3 is 1. The van der Waals surface area contributed by atoms with E-state index in [0.29, 0.717) is 5.02 Å². The first kappa shape index (κ1) is 11.5. The lowest BCUT2D eigenvalue weighted by Crippen LogP contribution is -1.99. The lowest BCUT2D eigenvalue weighted by molar-refractivity contribution is 0.334. The Morgan fingerprint density at radius 1 is 1.44 bits per heavy atom. The van der Waals surface area contributed by atoms with E-state index < -0.39 is 0 Å². The van der Waals surface area contributed by atoms with Crippen molar-refractivity contribution >= 4 is 17.7 Å². The molecule has 1 aliphatic heterocycles. The highest BCUT2D eigenvalue weighted by molar-refractivity contribution is 6.32. The van der Waals surface area contributed by atoms with E-state index in [0.717, 1.165) is 11.3 Å². The standard InChI is InChI=1S/C13H15ClO2/c1-13(2)12(16-13)7-5-9-4-6-10(15-3)8-11(9)14/h4-8,12H,1-3H3/b7-5+. The highest BCUT2D eigenvalue weighted by atomic mass is 35.5. The van der Waals surface area contributed by atoms with Crippen molar-refractivity contribution in [1.82, 2.24) is 0 Å². The van der Waals surface area contributed by atoms with E-state index in [1.807, 2.05) is 24.3 Å². The average Bonchev–Trinajstić information content (AvgIpc) is 2.84. The van der Waals surface area contributed by atoms with Crippen molar-refractivity contribution in [1.29, 1.82) is 0 Å². The average molecular weight is 239 g/mol. The van der Waals surface area contributed by atoms with Crippen LogP contribution < -0.4 is 4.74 Å². The van der Waals surface area contributed by atoms with Gasteiger partial charge in [-0.3, -0.25) is 0 Å². The SMILES string of the molecule is COc1ccc(/C=C/C2OC2(C)C)c(Cl)c1. The fourth-order valence-corrected chi connectivity index (χ4v) is 1.76. The Hall–Kier alpha value is -0.990. The molecule has 0 aliphatic carbocycles. The van der Waals surface area contributed by atoms with Gasteiger partial charge in [-0.2, -0.15) is 0 Å². The van der Waals surface area contributed by atoms with Gasteiger partial charge in [-0.05, 0) is 37.6 Å². The van der Waals surface area contributed by atoms with Crippen LogP contribution >= 0.6 is 11.6 Å². The lowest BCUT2D eigenvalue weighted by Gasteiger charge is -2.02. The van der Waals surface area contributed by atoms with Crippen LogP contribution in [0, 0.1) is 0 Å². The summed E-state index contributed by atoms with van der Waals surface area (Å²) < 4.78 is 10.5. The Labute approximate surface area is 101 Å². The summed E-state index contributed by atoms with van der Waals surface area (Å²) in [6.45, 7) is 4.13. The number of hydrogen-bond donors (Lipinski definition) is 0. The van der Waals surface area contributed by atoms with Crippen molar-refractivity contribution in [2.45, 2.75) is 25.6 Å². The molecule has 1 aromatic carbocycles. The first-order valence-electron chi connectivity index (χ1n) is 5.22. The van der Waals surface area contributed by atoms with Crippen LogP contribution in [0.4, 0.5) is 0 Å². The second kappa shape index (κ2) is 4.11. The summed E-state index contributed by atoms with van der Waals surface area (Å²) in [6, 6.07) is 5.64. The predicted octanol–water partition coefficient (Wildman–Crippen LogP) is 3.54. The fourth-order valence-electron chi connectivity index (χ4n) is 1.53. The van der Waals surface area contributed by atoms with Crippen molar-refractivity contribution in [3.05, 3.63) is 34.9 Å². The van der Waals surface area contributed by atoms with Crippen molar-refractivity contribution in [3.8, 4) is 5.75 Å². The molecule has 0 N–H and O–H groups in total. The third-order valence-electron chi connectivity index (χ3n) is 2.72. The topological polar surface area (TPSA) is 21.8 Å². The molecule has 1 heterocycles. The van der Waals surface area contributed by atoms with Crippen LogP contribution in [0.25, 0.3) is 6.08 Å². The van der Waals surface area contributed by atoms with Gasteiger partial charge in [0.05, 0.1) is 17.7 Å². The van der Waals surface area contributed by atoms with Gasteiger partial charge in [-0.25, -0.2) is 0 Å². The zero-order chi connectivity index (χ0) is 11.8. The van der Waals surface area contributed by atoms with Crippen molar-refractivity contribution < 1.29 is 9.47 Å². The normalized spacial score (nSPS) is 22.4. The van der Waals surface area contributed by atoms with Crippen molar-refractivity contribution in [2.75, 3.05) is 7.11 Å². The number of ether oxygens (including phenoxy) is 2. The van der Waals surface area contributed by atoms with Crippen molar-refractivity contribution in [2.24, 2.45) is 0 Å². The van der Waals surface area contributed by atoms with Gasteiger partial charge < -0.3 is 9.47 Å². The van der Waals surface area contributed by atoms with Gasteiger partial charge in [0.2, 0.25) is 0 Å². The molecule has 3 heteroatoms. The van der Waals surface area contributed by atoms with E-state index in [4.69, 9.17) is 21.1 Å². The Kier molecular flexibility index (Phi) is 2.96. The smallest absolute Gasteiger partial charge is 0.120 e. The monoisotopic (exact) mass is 238 g/mol. The number of halogens is 1. The van der Waals surface area contributed by atoms with Gasteiger partial charge in [0, 0.05) is 0 Å². The number of epoxide rings is 1. The molecule has 0 radical (unpaired) electrons. The zero-order valence-corrected chi connectivity index (χ0v) is 10.4. The minimum absolute atomic E-state index is 0.0184. The molecule has 1 atom stereocenters. The molecule has 1 fully saturated rings. The molecule has 16 heavy (non-hydrogen) atoms. The molecule has 1 aromatic rings. The van der Waals surface area contributed by atoms with Crippen LogP contribution in [0.2, 0.25) is 5.02 Å². The summed E-state index contributed by atoms with van der Waals surface area (Å²) in [5.74, 6) is 0.769. The minimum atomic E-state index is -0.0184. The van der Waals surface area contributed by atoms with E-state index in [2.05, 4.69) is 13.8 Å². The van der Waals surface area contributed by atoms with Gasteiger partial charge >= 0.3 is 0 Å². The molecule has 1 saturated heterocycles. The summed E-state index contributed by atoms with van der Waals surface area (Å²) in [7, 11) is 1.63. The van der Waals surface area contributed by atoms with Gasteiger partial charge in [0.15, 0.2) is 0 Å². The van der Waals surface area contributed by atoms with Crippen LogP contribution in [-0.2, 0) is 4.74 Å². The molecule has 2 nitrogen and oxygen atoms in total. The van der Waals surface area contributed by atoms with E-state index in [-0.39, 0.29) is 11.7 Å². The van der Waals surface area contributed by atoms with Crippen LogP contribution in [0.5, 0.6) is 5.75 Å². The van der Waals surface area contributed by atoms with Gasteiger partial charge in [-0.15, -0.1) is 0 Å². The highest BCUT2D eigenvalue weighted by Crippen LogP contribution is 2.36. The van der Waals surface area contributed by atoms with Crippen LogP contribution in [0.15, 0.2) is 24.3 Å². The molecular formula is C13H15ClO2. The molecule has 86 valence electrons. The third kappa shape index (κ3) is 2.39. The minimum Gasteiger partial charge on any atom is -0.497 e. The Bertz CT molecular complexity index is 424. The summed E-state index contributed by atoms with van der Waals surface area (Å²) >= 11 is 6.11. The Morgan fingerprint density at radius 2 is 2.12 bits per heavy atom. The lowest BCUT2D eigenvalue weighted by atomic mass is 10.1. The maximum atomic E-state index is 6.11. The second-order valence-electron chi connectivity index (χ2n) is 4.39. The molecular weight excluding hydrogens is 224 g/mol. The molecule has 0 spiro atoms. The second-order valence-corrected chi connectivity index (χ2v) is 4.80. The van der Waals surface area contributed by atoms with Crippen LogP contribution in [-0.4, -0.2) is 18.8 Å². The van der Waals surface area contributed by atoms with E-state index >= 15 is 0 Å². The summed E-state index contributed by atoms with van der Waals surface area (Å²) in [5.41, 5.74) is 0.962. The Morgan fingerprint density at radius 3 is 2.62 bits per heavy atom. The molecule has 0 amide bonds. The molecule has 2 rings (SSSR count). The molecule has 0 aromatic heterocycles. The van der Waals surface area contributed by atoms with E-state index in [9.17, 15) is 0 Å². The summed E-state index contributed by atoms with van der Waals surface area (Å²) in [4.78, 5) is 0. The number of benzene rings is 1. The first-order chi connectivity index (χ1) is 7.53. The largest absolute Gasteiger partial charge is 0.497 e. The maximum Gasteiger partial charge on any atom is 0.120 e. The predicted molar refractivity (Wildman–Crippen MR) is 66.0 cm³/mol. The van der Waals surface area contributed by atoms with Crippen molar-refractivity contribution in [3.63, 3.8) is 0 Å². The molecule has 0 saturated carbocycles. The third-order valence-corrected chi connectivity index (χ3v) is 3.04. The van der Waals surface area contributed by atoms with Gasteiger partial charge in [0.25, 0.3) is 0 Å². The summed E-state index contributed by atoms with van der Waals surface area (Å²) in [6.07, 6.45) is 4.22. The number of hydrogen-bond acceptors (Lipinski definition) is 2. The maximum absolute atomic E-state index is 6.11. The zero-order valence-electron chi connectivity index (χ0n) is 9.66. The van der Waals surface area contributed by atoms with E-state index in [1.54, 1.807) is 13.2 Å². The fraction of sp³-hybridized carbons (Fsp3) is 0.385. The molecule has 0 bridgehead atoms. The van der Waals surface area contributed by atoms with Crippen LogP contribution in [0.1, 0.15) is 19.4 Å². The molecule has 1 unspecified atom stereocenters. The van der Waals surface area contributed by atoms with Crippen LogP contribution in [0.3, 0.4) is 0 Å². The number of rotatable bonds is 3. The van der Waals surface area contributed by atoms with Gasteiger partial charge in [-0.1, -0.05) is 23.8 Å². The van der Waals surface area contributed by atoms with Gasteiger partial charge in [0.1, 0.15) is 11.9 Å². The quantitative estimate of drug-likeness (QED) is 0.752. The van der Waals surface area contributed by atoms with E-state index in [1.165, 1.54) is 0 Å². The molecule has 1 aliphatic rings. The first-order valence-corrected chi connectivity index (χ1v) is 5.60. The Balaban J connectivity index is 2.10. The summed E-state index contributed by atoms with van der Waals surface area (Å²) in [5, 5.41) is 0.689. The highest BCUT2D eigenvalue weighted by Gasteiger charge is 2.45.